The lowest BCUT2D eigenvalue weighted by atomic mass is 9.98. The number of carbonyl (C=O) groups excluding carboxylic acids is 1. The Morgan fingerprint density at radius 3 is 2.74 bits per heavy atom. The third-order valence-corrected chi connectivity index (χ3v) is 3.64. The average molecular weight is 262 g/mol. The zero-order valence-electron chi connectivity index (χ0n) is 11.6. The molecule has 1 saturated heterocycles. The number of benzene rings is 1. The Labute approximate surface area is 114 Å². The highest BCUT2D eigenvalue weighted by Crippen LogP contribution is 2.18. The largest absolute Gasteiger partial charge is 0.497 e. The highest BCUT2D eigenvalue weighted by Gasteiger charge is 2.22. The maximum atomic E-state index is 12.1. The van der Waals surface area contributed by atoms with Crippen LogP contribution in [0.25, 0.3) is 0 Å². The molecule has 0 spiro atoms. The van der Waals surface area contributed by atoms with Crippen LogP contribution in [-0.2, 0) is 4.79 Å². The topological polar surface area (TPSA) is 50.4 Å². The van der Waals surface area contributed by atoms with Gasteiger partial charge in [0.1, 0.15) is 5.75 Å². The van der Waals surface area contributed by atoms with E-state index in [2.05, 4.69) is 10.6 Å². The van der Waals surface area contributed by atoms with Gasteiger partial charge in [-0.1, -0.05) is 12.1 Å². The molecule has 1 aliphatic heterocycles. The monoisotopic (exact) mass is 262 g/mol. The van der Waals surface area contributed by atoms with Crippen LogP contribution in [0.3, 0.4) is 0 Å². The van der Waals surface area contributed by atoms with E-state index in [4.69, 9.17) is 4.74 Å². The van der Waals surface area contributed by atoms with E-state index in [0.717, 1.165) is 37.2 Å². The molecule has 0 unspecified atom stereocenters. The molecule has 0 saturated carbocycles. The van der Waals surface area contributed by atoms with E-state index < -0.39 is 0 Å². The Morgan fingerprint density at radius 2 is 2.16 bits per heavy atom. The quantitative estimate of drug-likeness (QED) is 0.871. The first-order valence-corrected chi connectivity index (χ1v) is 6.85. The van der Waals surface area contributed by atoms with Crippen LogP contribution < -0.4 is 15.4 Å². The Morgan fingerprint density at radius 1 is 1.42 bits per heavy atom. The van der Waals surface area contributed by atoms with Crippen molar-refractivity contribution in [2.24, 2.45) is 5.92 Å². The van der Waals surface area contributed by atoms with Crippen molar-refractivity contribution in [3.05, 3.63) is 29.8 Å². The number of hydrogen-bond donors (Lipinski definition) is 2. The molecular formula is C15H22N2O2. The first kappa shape index (κ1) is 13.9. The first-order valence-electron chi connectivity index (χ1n) is 6.85. The smallest absolute Gasteiger partial charge is 0.224 e. The van der Waals surface area contributed by atoms with Gasteiger partial charge in [0.25, 0.3) is 0 Å². The number of rotatable bonds is 4. The van der Waals surface area contributed by atoms with Crippen LogP contribution in [0.1, 0.15) is 31.4 Å². The van der Waals surface area contributed by atoms with Crippen molar-refractivity contribution in [3.8, 4) is 5.75 Å². The summed E-state index contributed by atoms with van der Waals surface area (Å²) in [7, 11) is 1.65. The molecule has 0 bridgehead atoms. The molecule has 1 amide bonds. The van der Waals surface area contributed by atoms with Gasteiger partial charge in [-0.3, -0.25) is 4.79 Å². The van der Waals surface area contributed by atoms with Crippen LogP contribution in [0.2, 0.25) is 0 Å². The highest BCUT2D eigenvalue weighted by atomic mass is 16.5. The van der Waals surface area contributed by atoms with Crippen LogP contribution in [0, 0.1) is 5.92 Å². The van der Waals surface area contributed by atoms with Gasteiger partial charge in [-0.15, -0.1) is 0 Å². The van der Waals surface area contributed by atoms with Crippen LogP contribution in [-0.4, -0.2) is 26.1 Å². The van der Waals surface area contributed by atoms with Gasteiger partial charge < -0.3 is 15.4 Å². The SMILES string of the molecule is COc1ccc([C@@H](C)NC(=O)[C@H]2CCCNC2)cc1. The van der Waals surface area contributed by atoms with Gasteiger partial charge in [0, 0.05) is 6.54 Å². The number of nitrogens with one attached hydrogen (secondary N) is 2. The van der Waals surface area contributed by atoms with Gasteiger partial charge >= 0.3 is 0 Å². The predicted molar refractivity (Wildman–Crippen MR) is 75.1 cm³/mol. The molecule has 2 N–H and O–H groups in total. The van der Waals surface area contributed by atoms with Crippen molar-refractivity contribution >= 4 is 5.91 Å². The zero-order valence-corrected chi connectivity index (χ0v) is 11.6. The summed E-state index contributed by atoms with van der Waals surface area (Å²) < 4.78 is 5.13. The Kier molecular flexibility index (Phi) is 4.80. The van der Waals surface area contributed by atoms with E-state index in [-0.39, 0.29) is 17.9 Å². The maximum absolute atomic E-state index is 12.1. The minimum absolute atomic E-state index is 0.0281. The molecule has 1 aromatic rings. The zero-order chi connectivity index (χ0) is 13.7. The van der Waals surface area contributed by atoms with E-state index in [1.807, 2.05) is 31.2 Å². The Bertz CT molecular complexity index is 411. The maximum Gasteiger partial charge on any atom is 0.224 e. The van der Waals surface area contributed by atoms with Crippen molar-refractivity contribution in [1.82, 2.24) is 10.6 Å². The van der Waals surface area contributed by atoms with Crippen LogP contribution in [0.5, 0.6) is 5.75 Å². The number of hydrogen-bond acceptors (Lipinski definition) is 3. The summed E-state index contributed by atoms with van der Waals surface area (Å²) >= 11 is 0. The Hall–Kier alpha value is -1.55. The fourth-order valence-electron chi connectivity index (χ4n) is 2.38. The normalized spacial score (nSPS) is 20.6. The number of methoxy groups -OCH3 is 1. The van der Waals surface area contributed by atoms with Crippen molar-refractivity contribution in [2.75, 3.05) is 20.2 Å². The standard InChI is InChI=1S/C15H22N2O2/c1-11(12-5-7-14(19-2)8-6-12)17-15(18)13-4-3-9-16-10-13/h5-8,11,13,16H,3-4,9-10H2,1-2H3,(H,17,18)/t11-,13+/m1/s1. The molecule has 2 rings (SSSR count). The molecule has 104 valence electrons. The molecule has 0 aromatic heterocycles. The number of amides is 1. The van der Waals surface area contributed by atoms with Gasteiger partial charge in [0.15, 0.2) is 0 Å². The van der Waals surface area contributed by atoms with Crippen molar-refractivity contribution in [2.45, 2.75) is 25.8 Å². The molecule has 1 fully saturated rings. The van der Waals surface area contributed by atoms with Gasteiger partial charge in [0.2, 0.25) is 5.91 Å². The number of ether oxygens (including phenoxy) is 1. The summed E-state index contributed by atoms with van der Waals surface area (Å²) in [4.78, 5) is 12.1. The van der Waals surface area contributed by atoms with E-state index >= 15 is 0 Å². The van der Waals surface area contributed by atoms with E-state index in [0.29, 0.717) is 0 Å². The first-order chi connectivity index (χ1) is 9.20. The second-order valence-electron chi connectivity index (χ2n) is 5.05. The second-order valence-corrected chi connectivity index (χ2v) is 5.05. The minimum atomic E-state index is 0.0281. The van der Waals surface area contributed by atoms with Crippen LogP contribution in [0.15, 0.2) is 24.3 Å². The summed E-state index contributed by atoms with van der Waals surface area (Å²) in [5.74, 6) is 1.09. The summed E-state index contributed by atoms with van der Waals surface area (Å²) in [6.07, 6.45) is 2.06. The molecule has 19 heavy (non-hydrogen) atoms. The molecule has 4 nitrogen and oxygen atoms in total. The molecule has 0 radical (unpaired) electrons. The molecule has 2 atom stereocenters. The third kappa shape index (κ3) is 3.70. The second kappa shape index (κ2) is 6.57. The average Bonchev–Trinajstić information content (AvgIpc) is 2.48. The molecule has 4 heteroatoms. The molecule has 1 heterocycles. The summed E-state index contributed by atoms with van der Waals surface area (Å²) in [5, 5.41) is 6.35. The lowest BCUT2D eigenvalue weighted by Crippen LogP contribution is -2.41. The summed E-state index contributed by atoms with van der Waals surface area (Å²) in [5.41, 5.74) is 1.10. The molecule has 0 aliphatic carbocycles. The fourth-order valence-corrected chi connectivity index (χ4v) is 2.38. The van der Waals surface area contributed by atoms with E-state index in [1.165, 1.54) is 0 Å². The van der Waals surface area contributed by atoms with Gasteiger partial charge in [-0.25, -0.2) is 0 Å². The molecule has 1 aromatic carbocycles. The minimum Gasteiger partial charge on any atom is -0.497 e. The van der Waals surface area contributed by atoms with Gasteiger partial charge in [0.05, 0.1) is 19.1 Å². The number of piperidine rings is 1. The lowest BCUT2D eigenvalue weighted by molar-refractivity contribution is -0.126. The van der Waals surface area contributed by atoms with Gasteiger partial charge in [-0.2, -0.15) is 0 Å². The van der Waals surface area contributed by atoms with Crippen LogP contribution >= 0.6 is 0 Å². The van der Waals surface area contributed by atoms with Crippen molar-refractivity contribution in [1.29, 1.82) is 0 Å². The summed E-state index contributed by atoms with van der Waals surface area (Å²) in [6, 6.07) is 7.84. The molecular weight excluding hydrogens is 240 g/mol. The van der Waals surface area contributed by atoms with E-state index in [9.17, 15) is 4.79 Å². The van der Waals surface area contributed by atoms with Crippen molar-refractivity contribution in [3.63, 3.8) is 0 Å². The predicted octanol–water partition coefficient (Wildman–Crippen LogP) is 1.87. The highest BCUT2D eigenvalue weighted by molar-refractivity contribution is 5.79. The van der Waals surface area contributed by atoms with Crippen LogP contribution in [0.4, 0.5) is 0 Å². The third-order valence-electron chi connectivity index (χ3n) is 3.64. The van der Waals surface area contributed by atoms with Crippen molar-refractivity contribution < 1.29 is 9.53 Å². The fraction of sp³-hybridized carbons (Fsp3) is 0.533. The van der Waals surface area contributed by atoms with E-state index in [1.54, 1.807) is 7.11 Å². The lowest BCUT2D eigenvalue weighted by Gasteiger charge is -2.24. The molecule has 1 aliphatic rings. The Balaban J connectivity index is 1.91. The van der Waals surface area contributed by atoms with Gasteiger partial charge in [-0.05, 0) is 44.0 Å². The number of carbonyl (C=O) groups is 1. The summed E-state index contributed by atoms with van der Waals surface area (Å²) in [6.45, 7) is 3.83.